The van der Waals surface area contributed by atoms with Crippen LogP contribution in [0, 0.1) is 0 Å². The standard InChI is InChI=1S/C25H39N3O3.ClH/c1-4-5-6-7-8-9-10-11-15-18-23(29)31-21-27-19-26-28(20-27)25(2,3)24(30)22-16-13-12-14-17-22;/h12-14,16-17,19H,4-11,15,18,20-21H2,1-3H3;1H. The van der Waals surface area contributed by atoms with Gasteiger partial charge in [-0.05, 0) is 6.42 Å². The fraction of sp³-hybridized carbons (Fsp3) is 0.640. The van der Waals surface area contributed by atoms with Crippen LogP contribution in [0.2, 0.25) is 0 Å². The van der Waals surface area contributed by atoms with Crippen molar-refractivity contribution in [1.82, 2.24) is 4.90 Å². The summed E-state index contributed by atoms with van der Waals surface area (Å²) in [6, 6.07) is 9.29. The minimum atomic E-state index is -0.701. The molecule has 1 N–H and O–H groups in total. The van der Waals surface area contributed by atoms with Gasteiger partial charge in [0.25, 0.3) is 0 Å². The zero-order chi connectivity index (χ0) is 22.5. The van der Waals surface area contributed by atoms with E-state index in [0.717, 1.165) is 17.9 Å². The number of nitrogens with zero attached hydrogens (tertiary/aromatic N) is 2. The smallest absolute Gasteiger partial charge is 0.307 e. The number of ether oxygens (including phenoxy) is 1. The van der Waals surface area contributed by atoms with Gasteiger partial charge in [-0.3, -0.25) is 14.5 Å². The third kappa shape index (κ3) is 9.29. The molecule has 6 nitrogen and oxygen atoms in total. The second kappa shape index (κ2) is 15.0. The Morgan fingerprint density at radius 2 is 1.59 bits per heavy atom. The van der Waals surface area contributed by atoms with E-state index in [4.69, 9.17) is 4.74 Å². The number of rotatable bonds is 15. The maximum absolute atomic E-state index is 12.9. The van der Waals surface area contributed by atoms with Crippen molar-refractivity contribution >= 4 is 18.1 Å². The first-order valence-corrected chi connectivity index (χ1v) is 11.8. The largest absolute Gasteiger partial charge is 1.00 e. The minimum absolute atomic E-state index is 0. The molecule has 0 amide bonds. The van der Waals surface area contributed by atoms with Crippen LogP contribution < -0.4 is 17.4 Å². The van der Waals surface area contributed by atoms with E-state index in [0.29, 0.717) is 18.7 Å². The molecule has 1 atom stereocenters. The molecule has 1 heterocycles. The van der Waals surface area contributed by atoms with Crippen LogP contribution in [0.25, 0.3) is 0 Å². The minimum Gasteiger partial charge on any atom is -1.00 e. The lowest BCUT2D eigenvalue weighted by molar-refractivity contribution is -0.945. The number of carbonyl (C=O) groups excluding carboxylic acids is 2. The first-order valence-electron chi connectivity index (χ1n) is 11.8. The highest BCUT2D eigenvalue weighted by atomic mass is 35.5. The Morgan fingerprint density at radius 3 is 2.22 bits per heavy atom. The summed E-state index contributed by atoms with van der Waals surface area (Å²) in [6.07, 6.45) is 13.2. The monoisotopic (exact) mass is 465 g/mol. The van der Waals surface area contributed by atoms with E-state index in [1.165, 1.54) is 44.9 Å². The molecule has 0 saturated heterocycles. The fourth-order valence-corrected chi connectivity index (χ4v) is 3.75. The Bertz CT molecular complexity index is 710. The summed E-state index contributed by atoms with van der Waals surface area (Å²) in [4.78, 5) is 26.7. The summed E-state index contributed by atoms with van der Waals surface area (Å²) in [5, 5.41) is 5.23. The Hall–Kier alpha value is -1.92. The lowest BCUT2D eigenvalue weighted by Gasteiger charge is -2.27. The summed E-state index contributed by atoms with van der Waals surface area (Å²) in [6.45, 7) is 6.71. The Balaban J connectivity index is 0.00000512. The fourth-order valence-electron chi connectivity index (χ4n) is 3.75. The van der Waals surface area contributed by atoms with Crippen molar-refractivity contribution in [3.63, 3.8) is 0 Å². The molecule has 7 heteroatoms. The van der Waals surface area contributed by atoms with Gasteiger partial charge in [0.1, 0.15) is 0 Å². The quantitative estimate of drug-likeness (QED) is 0.240. The van der Waals surface area contributed by atoms with E-state index in [2.05, 4.69) is 12.0 Å². The summed E-state index contributed by atoms with van der Waals surface area (Å²) in [5.74, 6) is -0.117. The van der Waals surface area contributed by atoms with Gasteiger partial charge in [0.2, 0.25) is 5.78 Å². The first-order chi connectivity index (χ1) is 14.9. The van der Waals surface area contributed by atoms with Crippen LogP contribution in [-0.2, 0) is 9.53 Å². The third-order valence-corrected chi connectivity index (χ3v) is 5.93. The molecule has 0 saturated carbocycles. The van der Waals surface area contributed by atoms with Crippen LogP contribution in [0.4, 0.5) is 0 Å². The van der Waals surface area contributed by atoms with Gasteiger partial charge in [0, 0.05) is 25.8 Å². The van der Waals surface area contributed by atoms with Gasteiger partial charge < -0.3 is 17.1 Å². The molecule has 1 aliphatic rings. The Labute approximate surface area is 199 Å². The molecule has 32 heavy (non-hydrogen) atoms. The summed E-state index contributed by atoms with van der Waals surface area (Å²) < 4.78 is 5.40. The molecule has 1 aliphatic heterocycles. The molecule has 0 bridgehead atoms. The third-order valence-electron chi connectivity index (χ3n) is 5.93. The molecule has 0 fully saturated rings. The highest BCUT2D eigenvalue weighted by Crippen LogP contribution is 2.12. The Kier molecular flexibility index (Phi) is 13.2. The number of benzene rings is 1. The van der Waals surface area contributed by atoms with E-state index in [-0.39, 0.29) is 30.9 Å². The lowest BCUT2D eigenvalue weighted by Crippen LogP contribution is -3.16. The number of Topliss-reactive ketones (excluding diaryl/α,β-unsaturated/α-hetero) is 1. The number of quaternary nitrogens is 1. The number of carbonyl (C=O) groups is 2. The molecule has 2 rings (SSSR count). The van der Waals surface area contributed by atoms with E-state index < -0.39 is 5.54 Å². The van der Waals surface area contributed by atoms with Crippen LogP contribution in [0.5, 0.6) is 0 Å². The van der Waals surface area contributed by atoms with E-state index in [1.807, 2.05) is 49.1 Å². The molecule has 1 unspecified atom stereocenters. The van der Waals surface area contributed by atoms with E-state index in [1.54, 1.807) is 6.34 Å². The van der Waals surface area contributed by atoms with Crippen molar-refractivity contribution in [2.24, 2.45) is 5.10 Å². The molecule has 1 aromatic carbocycles. The number of ketones is 1. The predicted molar refractivity (Wildman–Crippen MR) is 124 cm³/mol. The average Bonchev–Trinajstić information content (AvgIpc) is 3.26. The van der Waals surface area contributed by atoms with E-state index in [9.17, 15) is 9.59 Å². The number of nitrogens with one attached hydrogen (secondary N) is 1. The molecule has 180 valence electrons. The van der Waals surface area contributed by atoms with Crippen LogP contribution in [0.3, 0.4) is 0 Å². The normalized spacial score (nSPS) is 15.5. The molecule has 0 aromatic heterocycles. The molecule has 0 aliphatic carbocycles. The Morgan fingerprint density at radius 1 is 1.00 bits per heavy atom. The predicted octanol–water partition coefficient (Wildman–Crippen LogP) is 1.17. The van der Waals surface area contributed by atoms with Gasteiger partial charge in [-0.1, -0.05) is 93.7 Å². The van der Waals surface area contributed by atoms with Gasteiger partial charge in [-0.2, -0.15) is 5.01 Å². The SMILES string of the molecule is CCCCCCCCCCCC(=O)OCN1C=N[NH+](C(C)(C)C(=O)c2ccccc2)C1.[Cl-]. The first kappa shape index (κ1) is 28.1. The zero-order valence-electron chi connectivity index (χ0n) is 19.9. The van der Waals surface area contributed by atoms with Crippen molar-refractivity contribution in [3.05, 3.63) is 35.9 Å². The van der Waals surface area contributed by atoms with Crippen LogP contribution in [0.1, 0.15) is 95.3 Å². The maximum atomic E-state index is 12.9. The number of hydrogen-bond donors (Lipinski definition) is 1. The van der Waals surface area contributed by atoms with Gasteiger partial charge in [-0.15, -0.1) is 0 Å². The second-order valence-electron chi connectivity index (χ2n) is 8.98. The van der Waals surface area contributed by atoms with Crippen molar-refractivity contribution in [3.8, 4) is 0 Å². The highest BCUT2D eigenvalue weighted by Gasteiger charge is 2.42. The molecule has 1 aromatic rings. The summed E-state index contributed by atoms with van der Waals surface area (Å²) >= 11 is 0. The maximum Gasteiger partial charge on any atom is 0.307 e. The highest BCUT2D eigenvalue weighted by molar-refractivity contribution is 6.01. The van der Waals surface area contributed by atoms with Crippen LogP contribution in [-0.4, -0.2) is 41.9 Å². The van der Waals surface area contributed by atoms with Gasteiger partial charge in [0.05, 0.1) is 0 Å². The van der Waals surface area contributed by atoms with Crippen molar-refractivity contribution < 1.29 is 31.7 Å². The number of hydrogen-bond acceptors (Lipinski definition) is 5. The molecule has 0 spiro atoms. The van der Waals surface area contributed by atoms with Crippen molar-refractivity contribution in [2.45, 2.75) is 90.5 Å². The molecular weight excluding hydrogens is 426 g/mol. The number of esters is 1. The summed E-state index contributed by atoms with van der Waals surface area (Å²) in [5.41, 5.74) is -0.0197. The van der Waals surface area contributed by atoms with Gasteiger partial charge in [0.15, 0.2) is 25.3 Å². The lowest BCUT2D eigenvalue weighted by atomic mass is 9.93. The van der Waals surface area contributed by atoms with Gasteiger partial charge >= 0.3 is 5.97 Å². The van der Waals surface area contributed by atoms with Crippen molar-refractivity contribution in [1.29, 1.82) is 0 Å². The second-order valence-corrected chi connectivity index (χ2v) is 8.98. The van der Waals surface area contributed by atoms with Crippen molar-refractivity contribution in [2.75, 3.05) is 13.4 Å². The van der Waals surface area contributed by atoms with E-state index >= 15 is 0 Å². The van der Waals surface area contributed by atoms with Crippen LogP contribution in [0.15, 0.2) is 35.4 Å². The summed E-state index contributed by atoms with van der Waals surface area (Å²) in [7, 11) is 0. The van der Waals surface area contributed by atoms with Crippen LogP contribution >= 0.6 is 0 Å². The molecule has 0 radical (unpaired) electrons. The average molecular weight is 466 g/mol. The molecular formula is C25H40ClN3O3. The zero-order valence-corrected chi connectivity index (χ0v) is 20.7. The number of unbranched alkanes of at least 4 members (excludes halogenated alkanes) is 8. The number of halogens is 1. The topological polar surface area (TPSA) is 63.4 Å². The van der Waals surface area contributed by atoms with Gasteiger partial charge in [-0.25, -0.2) is 0 Å².